The topological polar surface area (TPSA) is 83.5 Å². The van der Waals surface area contributed by atoms with Gasteiger partial charge in [0.05, 0.1) is 0 Å². The first-order valence-corrected chi connectivity index (χ1v) is 5.38. The molecule has 0 rings (SSSR count). The molecule has 0 aliphatic heterocycles. The van der Waals surface area contributed by atoms with E-state index in [9.17, 15) is 39.7 Å². The zero-order valence-electron chi connectivity index (χ0n) is 9.62. The summed E-state index contributed by atoms with van der Waals surface area (Å²) in [7, 11) is -6.67. The van der Waals surface area contributed by atoms with E-state index in [1.54, 1.807) is 0 Å². The number of rotatable bonds is 4. The minimum absolute atomic E-state index is 0. The van der Waals surface area contributed by atoms with Gasteiger partial charge in [0.25, 0.3) is 6.10 Å². The van der Waals surface area contributed by atoms with Crippen molar-refractivity contribution in [3.63, 3.8) is 0 Å². The molecule has 0 aliphatic rings. The molecule has 5 nitrogen and oxygen atoms in total. The van der Waals surface area contributed by atoms with E-state index in [0.29, 0.717) is 0 Å². The molecule has 0 aliphatic carbocycles. The number of halogens is 5. The number of hydrogen-bond acceptors (Lipinski definition) is 5. The molecule has 0 heterocycles. The third kappa shape index (κ3) is 5.34. The largest absolute Gasteiger partial charge is 1.00 e. The summed E-state index contributed by atoms with van der Waals surface area (Å²) < 4.78 is 95.6. The average molecular weight is 320 g/mol. The van der Waals surface area contributed by atoms with E-state index in [4.69, 9.17) is 0 Å². The standard InChI is InChI=1S/C7H7F5O5S.Na/c1-3(2)4(13)17-5(6(8,9)10)7(11,12)18(14,15)16;/h5H,1H2,2H3,(H,14,15,16);/q;+1/p-1. The summed E-state index contributed by atoms with van der Waals surface area (Å²) in [5.41, 5.74) is -0.677. The van der Waals surface area contributed by atoms with Crippen molar-refractivity contribution in [2.24, 2.45) is 0 Å². The van der Waals surface area contributed by atoms with Crippen LogP contribution >= 0.6 is 0 Å². The van der Waals surface area contributed by atoms with Gasteiger partial charge in [0.15, 0.2) is 10.1 Å². The van der Waals surface area contributed by atoms with E-state index in [1.165, 1.54) is 0 Å². The number of alkyl halides is 5. The maximum Gasteiger partial charge on any atom is 1.00 e. The van der Waals surface area contributed by atoms with Gasteiger partial charge < -0.3 is 9.29 Å². The Bertz CT molecular complexity index is 457. The van der Waals surface area contributed by atoms with Crippen LogP contribution in [0.2, 0.25) is 0 Å². The summed E-state index contributed by atoms with van der Waals surface area (Å²) in [6.07, 6.45) is -10.3. The molecular formula is C7H6F5NaO5S. The molecule has 0 saturated carbocycles. The van der Waals surface area contributed by atoms with Gasteiger partial charge in [-0.1, -0.05) is 6.58 Å². The normalized spacial score (nSPS) is 14.3. The third-order valence-corrected chi connectivity index (χ3v) is 2.39. The van der Waals surface area contributed by atoms with Gasteiger partial charge in [0.1, 0.15) is 0 Å². The molecule has 0 amide bonds. The molecule has 0 aromatic heterocycles. The van der Waals surface area contributed by atoms with Gasteiger partial charge in [0.2, 0.25) is 0 Å². The molecule has 0 aromatic rings. The maximum absolute atomic E-state index is 12.8. The molecule has 0 fully saturated rings. The Kier molecular flexibility index (Phi) is 7.19. The molecule has 0 N–H and O–H groups in total. The molecule has 0 bridgehead atoms. The van der Waals surface area contributed by atoms with Crippen LogP contribution < -0.4 is 29.6 Å². The molecule has 1 unspecified atom stereocenters. The fourth-order valence-electron chi connectivity index (χ4n) is 0.665. The van der Waals surface area contributed by atoms with Gasteiger partial charge in [-0.15, -0.1) is 0 Å². The fourth-order valence-corrected chi connectivity index (χ4v) is 1.11. The molecule has 0 saturated heterocycles. The van der Waals surface area contributed by atoms with Crippen LogP contribution in [0.4, 0.5) is 22.0 Å². The van der Waals surface area contributed by atoms with E-state index < -0.39 is 39.2 Å². The smallest absolute Gasteiger partial charge is 0.743 e. The quantitative estimate of drug-likeness (QED) is 0.200. The Morgan fingerprint density at radius 2 is 1.63 bits per heavy atom. The first-order valence-electron chi connectivity index (χ1n) is 3.97. The number of hydrogen-bond donors (Lipinski definition) is 0. The van der Waals surface area contributed by atoms with E-state index in [2.05, 4.69) is 11.3 Å². The van der Waals surface area contributed by atoms with Crippen molar-refractivity contribution in [1.82, 2.24) is 0 Å². The van der Waals surface area contributed by atoms with Crippen LogP contribution in [0.5, 0.6) is 0 Å². The van der Waals surface area contributed by atoms with Crippen LogP contribution in [-0.2, 0) is 19.6 Å². The Labute approximate surface area is 126 Å². The van der Waals surface area contributed by atoms with Crippen molar-refractivity contribution in [1.29, 1.82) is 0 Å². The van der Waals surface area contributed by atoms with Crippen LogP contribution in [0.1, 0.15) is 6.92 Å². The van der Waals surface area contributed by atoms with Gasteiger partial charge in [-0.25, -0.2) is 13.2 Å². The van der Waals surface area contributed by atoms with Crippen molar-refractivity contribution < 1.29 is 74.0 Å². The first kappa shape index (κ1) is 21.1. The van der Waals surface area contributed by atoms with E-state index in [-0.39, 0.29) is 29.6 Å². The third-order valence-electron chi connectivity index (χ3n) is 1.51. The molecule has 12 heteroatoms. The second kappa shape index (κ2) is 6.48. The van der Waals surface area contributed by atoms with Crippen molar-refractivity contribution >= 4 is 16.1 Å². The van der Waals surface area contributed by atoms with Crippen molar-refractivity contribution in [2.45, 2.75) is 24.5 Å². The Morgan fingerprint density at radius 1 is 1.26 bits per heavy atom. The van der Waals surface area contributed by atoms with Gasteiger partial charge in [-0.2, -0.15) is 22.0 Å². The van der Waals surface area contributed by atoms with Gasteiger partial charge in [0, 0.05) is 5.57 Å². The summed E-state index contributed by atoms with van der Waals surface area (Å²) >= 11 is 0. The number of ether oxygens (including phenoxy) is 1. The van der Waals surface area contributed by atoms with Crippen molar-refractivity contribution in [3.8, 4) is 0 Å². The molecule has 0 aromatic carbocycles. The summed E-state index contributed by atoms with van der Waals surface area (Å²) in [5.74, 6) is -1.90. The summed E-state index contributed by atoms with van der Waals surface area (Å²) in [6, 6.07) is 0. The van der Waals surface area contributed by atoms with Crippen LogP contribution in [-0.4, -0.2) is 36.5 Å². The Morgan fingerprint density at radius 3 is 1.84 bits per heavy atom. The number of esters is 1. The molecule has 19 heavy (non-hydrogen) atoms. The summed E-state index contributed by atoms with van der Waals surface area (Å²) in [4.78, 5) is 10.7. The predicted octanol–water partition coefficient (Wildman–Crippen LogP) is -1.82. The van der Waals surface area contributed by atoms with Gasteiger partial charge in [-0.05, 0) is 6.92 Å². The second-order valence-corrected chi connectivity index (χ2v) is 4.58. The van der Waals surface area contributed by atoms with Crippen LogP contribution in [0.25, 0.3) is 0 Å². The van der Waals surface area contributed by atoms with Gasteiger partial charge >= 0.3 is 47.0 Å². The van der Waals surface area contributed by atoms with E-state index >= 15 is 0 Å². The van der Waals surface area contributed by atoms with E-state index in [1.807, 2.05) is 0 Å². The molecule has 0 spiro atoms. The second-order valence-electron chi connectivity index (χ2n) is 3.12. The number of carbonyl (C=O) groups is 1. The van der Waals surface area contributed by atoms with Crippen LogP contribution in [0.15, 0.2) is 12.2 Å². The number of carbonyl (C=O) groups excluding carboxylic acids is 1. The summed E-state index contributed by atoms with van der Waals surface area (Å²) in [5, 5.41) is -5.84. The minimum Gasteiger partial charge on any atom is -0.743 e. The van der Waals surface area contributed by atoms with E-state index in [0.717, 1.165) is 6.92 Å². The predicted molar refractivity (Wildman–Crippen MR) is 45.4 cm³/mol. The molecule has 0 radical (unpaired) electrons. The fraction of sp³-hybridized carbons (Fsp3) is 0.571. The zero-order chi connectivity index (χ0) is 14.9. The first-order chi connectivity index (χ1) is 7.71. The summed E-state index contributed by atoms with van der Waals surface area (Å²) in [6.45, 7) is 3.67. The Balaban J connectivity index is 0. The molecular weight excluding hydrogens is 314 g/mol. The zero-order valence-corrected chi connectivity index (χ0v) is 12.4. The maximum atomic E-state index is 12.8. The van der Waals surface area contributed by atoms with Crippen molar-refractivity contribution in [2.75, 3.05) is 0 Å². The van der Waals surface area contributed by atoms with Crippen LogP contribution in [0, 0.1) is 0 Å². The average Bonchev–Trinajstić information content (AvgIpc) is 2.09. The van der Waals surface area contributed by atoms with Crippen molar-refractivity contribution in [3.05, 3.63) is 12.2 Å². The SMILES string of the molecule is C=C(C)C(=O)OC(C(F)(F)F)C(F)(F)S(=O)(=O)[O-].[Na+]. The minimum atomic E-state index is -6.67. The van der Waals surface area contributed by atoms with Gasteiger partial charge in [-0.3, -0.25) is 0 Å². The monoisotopic (exact) mass is 320 g/mol. The molecule has 106 valence electrons. The van der Waals surface area contributed by atoms with Crippen LogP contribution in [0.3, 0.4) is 0 Å². The Hall–Kier alpha value is -0.230. The molecule has 1 atom stereocenters.